The second-order valence-corrected chi connectivity index (χ2v) is 4.11. The summed E-state index contributed by atoms with van der Waals surface area (Å²) in [5.41, 5.74) is 6.07. The molecule has 0 amide bonds. The Kier molecular flexibility index (Phi) is 3.51. The number of nitrogens with one attached hydrogen (secondary N) is 1. The van der Waals surface area contributed by atoms with E-state index < -0.39 is 0 Å². The third-order valence-corrected chi connectivity index (χ3v) is 2.80. The average Bonchev–Trinajstić information content (AvgIpc) is 2.66. The maximum Gasteiger partial charge on any atom is 0.0596 e. The SMILES string of the molecule is Cc1cc(CC(NN)c2cccnc2)n(C)n1. The van der Waals surface area contributed by atoms with Crippen LogP contribution in [0, 0.1) is 6.92 Å². The van der Waals surface area contributed by atoms with Crippen molar-refractivity contribution in [3.8, 4) is 0 Å². The van der Waals surface area contributed by atoms with E-state index in [2.05, 4.69) is 21.6 Å². The number of hydrogen-bond donors (Lipinski definition) is 2. The van der Waals surface area contributed by atoms with E-state index in [-0.39, 0.29) is 6.04 Å². The third kappa shape index (κ3) is 2.69. The molecular formula is C12H17N5. The van der Waals surface area contributed by atoms with Gasteiger partial charge in [0.05, 0.1) is 11.7 Å². The van der Waals surface area contributed by atoms with Gasteiger partial charge in [-0.3, -0.25) is 20.9 Å². The first-order valence-corrected chi connectivity index (χ1v) is 5.56. The van der Waals surface area contributed by atoms with Crippen LogP contribution in [0.4, 0.5) is 0 Å². The first-order valence-electron chi connectivity index (χ1n) is 5.56. The van der Waals surface area contributed by atoms with Crippen LogP contribution in [0.25, 0.3) is 0 Å². The summed E-state index contributed by atoms with van der Waals surface area (Å²) in [5.74, 6) is 5.60. The molecule has 0 saturated carbocycles. The Morgan fingerprint density at radius 1 is 1.53 bits per heavy atom. The normalized spacial score (nSPS) is 12.6. The summed E-state index contributed by atoms with van der Waals surface area (Å²) < 4.78 is 1.88. The van der Waals surface area contributed by atoms with Crippen molar-refractivity contribution in [1.29, 1.82) is 0 Å². The number of hydrogen-bond acceptors (Lipinski definition) is 4. The molecule has 3 N–H and O–H groups in total. The lowest BCUT2D eigenvalue weighted by Gasteiger charge is -2.15. The van der Waals surface area contributed by atoms with E-state index in [1.54, 1.807) is 6.20 Å². The smallest absolute Gasteiger partial charge is 0.0596 e. The molecule has 0 saturated heterocycles. The molecule has 0 radical (unpaired) electrons. The summed E-state index contributed by atoms with van der Waals surface area (Å²) in [7, 11) is 1.94. The van der Waals surface area contributed by atoms with Gasteiger partial charge in [0.2, 0.25) is 0 Å². The third-order valence-electron chi connectivity index (χ3n) is 2.80. The number of hydrazine groups is 1. The van der Waals surface area contributed by atoms with Crippen molar-refractivity contribution in [1.82, 2.24) is 20.2 Å². The van der Waals surface area contributed by atoms with E-state index in [4.69, 9.17) is 5.84 Å². The Balaban J connectivity index is 2.18. The van der Waals surface area contributed by atoms with E-state index in [1.807, 2.05) is 37.0 Å². The fourth-order valence-electron chi connectivity index (χ4n) is 1.92. The number of rotatable bonds is 4. The highest BCUT2D eigenvalue weighted by molar-refractivity contribution is 5.18. The van der Waals surface area contributed by atoms with Gasteiger partial charge in [0.15, 0.2) is 0 Å². The molecule has 2 aromatic rings. The van der Waals surface area contributed by atoms with Gasteiger partial charge in [-0.15, -0.1) is 0 Å². The van der Waals surface area contributed by atoms with Crippen LogP contribution in [0.3, 0.4) is 0 Å². The zero-order chi connectivity index (χ0) is 12.3. The zero-order valence-electron chi connectivity index (χ0n) is 10.1. The Labute approximate surface area is 101 Å². The van der Waals surface area contributed by atoms with Crippen LogP contribution < -0.4 is 11.3 Å². The highest BCUT2D eigenvalue weighted by Gasteiger charge is 2.13. The summed E-state index contributed by atoms with van der Waals surface area (Å²) in [5, 5.41) is 4.32. The van der Waals surface area contributed by atoms with Crippen LogP contribution >= 0.6 is 0 Å². The number of nitrogens with two attached hydrogens (primary N) is 1. The lowest BCUT2D eigenvalue weighted by molar-refractivity contribution is 0.528. The van der Waals surface area contributed by atoms with Gasteiger partial charge in [0.1, 0.15) is 0 Å². The first kappa shape index (κ1) is 11.8. The summed E-state index contributed by atoms with van der Waals surface area (Å²) in [6.45, 7) is 1.98. The first-order chi connectivity index (χ1) is 8.20. The van der Waals surface area contributed by atoms with Crippen molar-refractivity contribution < 1.29 is 0 Å². The average molecular weight is 231 g/mol. The Morgan fingerprint density at radius 3 is 2.88 bits per heavy atom. The molecule has 90 valence electrons. The number of nitrogens with zero attached hydrogens (tertiary/aromatic N) is 3. The molecule has 0 aliphatic rings. The van der Waals surface area contributed by atoms with Crippen molar-refractivity contribution in [2.24, 2.45) is 12.9 Å². The van der Waals surface area contributed by atoms with Crippen molar-refractivity contribution in [3.05, 3.63) is 47.5 Å². The molecule has 0 bridgehead atoms. The second-order valence-electron chi connectivity index (χ2n) is 4.11. The predicted molar refractivity (Wildman–Crippen MR) is 66.0 cm³/mol. The fourth-order valence-corrected chi connectivity index (χ4v) is 1.92. The van der Waals surface area contributed by atoms with E-state index in [0.29, 0.717) is 0 Å². The van der Waals surface area contributed by atoms with Crippen LogP contribution in [0.15, 0.2) is 30.6 Å². The summed E-state index contributed by atoms with van der Waals surface area (Å²) in [6.07, 6.45) is 4.37. The molecule has 0 aromatic carbocycles. The minimum Gasteiger partial charge on any atom is -0.272 e. The van der Waals surface area contributed by atoms with Crippen LogP contribution in [0.5, 0.6) is 0 Å². The number of aryl methyl sites for hydroxylation is 2. The Morgan fingerprint density at radius 2 is 2.35 bits per heavy atom. The molecule has 0 fully saturated rings. The van der Waals surface area contributed by atoms with Crippen LogP contribution in [-0.2, 0) is 13.5 Å². The maximum atomic E-state index is 5.60. The standard InChI is InChI=1S/C12H17N5/c1-9-6-11(17(2)16-9)7-12(15-13)10-4-3-5-14-8-10/h3-6,8,12,15H,7,13H2,1-2H3. The van der Waals surface area contributed by atoms with Crippen LogP contribution in [0.2, 0.25) is 0 Å². The summed E-state index contributed by atoms with van der Waals surface area (Å²) >= 11 is 0. The molecule has 0 spiro atoms. The summed E-state index contributed by atoms with van der Waals surface area (Å²) in [6, 6.07) is 6.05. The quantitative estimate of drug-likeness (QED) is 0.605. The van der Waals surface area contributed by atoms with E-state index in [9.17, 15) is 0 Å². The largest absolute Gasteiger partial charge is 0.272 e. The van der Waals surface area contributed by atoms with Crippen LogP contribution in [-0.4, -0.2) is 14.8 Å². The molecule has 0 aliphatic carbocycles. The van der Waals surface area contributed by atoms with Gasteiger partial charge in [0, 0.05) is 31.6 Å². The van der Waals surface area contributed by atoms with E-state index in [1.165, 1.54) is 0 Å². The van der Waals surface area contributed by atoms with Gasteiger partial charge in [-0.2, -0.15) is 5.10 Å². The molecule has 5 nitrogen and oxygen atoms in total. The minimum atomic E-state index is 0.0542. The van der Waals surface area contributed by atoms with Gasteiger partial charge in [-0.1, -0.05) is 6.07 Å². The minimum absolute atomic E-state index is 0.0542. The fraction of sp³-hybridized carbons (Fsp3) is 0.333. The molecule has 1 unspecified atom stereocenters. The lowest BCUT2D eigenvalue weighted by atomic mass is 10.0. The van der Waals surface area contributed by atoms with Crippen molar-refractivity contribution in [2.75, 3.05) is 0 Å². The second kappa shape index (κ2) is 5.07. The van der Waals surface area contributed by atoms with Gasteiger partial charge < -0.3 is 0 Å². The lowest BCUT2D eigenvalue weighted by Crippen LogP contribution is -2.30. The molecule has 5 heteroatoms. The molecule has 0 aliphatic heterocycles. The number of pyridine rings is 1. The van der Waals surface area contributed by atoms with E-state index in [0.717, 1.165) is 23.4 Å². The Bertz CT molecular complexity index is 477. The van der Waals surface area contributed by atoms with Gasteiger partial charge in [-0.05, 0) is 24.6 Å². The monoisotopic (exact) mass is 231 g/mol. The molecular weight excluding hydrogens is 214 g/mol. The Hall–Kier alpha value is -1.72. The molecule has 2 rings (SSSR count). The zero-order valence-corrected chi connectivity index (χ0v) is 10.1. The van der Waals surface area contributed by atoms with Crippen molar-refractivity contribution in [3.63, 3.8) is 0 Å². The predicted octanol–water partition coefficient (Wildman–Crippen LogP) is 0.871. The molecule has 17 heavy (non-hydrogen) atoms. The van der Waals surface area contributed by atoms with E-state index >= 15 is 0 Å². The molecule has 2 aromatic heterocycles. The van der Waals surface area contributed by atoms with Crippen molar-refractivity contribution in [2.45, 2.75) is 19.4 Å². The van der Waals surface area contributed by atoms with Crippen molar-refractivity contribution >= 4 is 0 Å². The maximum absolute atomic E-state index is 5.60. The van der Waals surface area contributed by atoms with Gasteiger partial charge in [0.25, 0.3) is 0 Å². The van der Waals surface area contributed by atoms with Gasteiger partial charge >= 0.3 is 0 Å². The highest BCUT2D eigenvalue weighted by Crippen LogP contribution is 2.16. The van der Waals surface area contributed by atoms with Crippen LogP contribution in [0.1, 0.15) is 23.0 Å². The topological polar surface area (TPSA) is 68.8 Å². The summed E-state index contributed by atoms with van der Waals surface area (Å²) in [4.78, 5) is 4.10. The number of aromatic nitrogens is 3. The van der Waals surface area contributed by atoms with Gasteiger partial charge in [-0.25, -0.2) is 0 Å². The highest BCUT2D eigenvalue weighted by atomic mass is 15.3. The molecule has 1 atom stereocenters. The molecule has 2 heterocycles.